The summed E-state index contributed by atoms with van der Waals surface area (Å²) in [7, 11) is 0. The fraction of sp³-hybridized carbons (Fsp3) is 0.250. The van der Waals surface area contributed by atoms with E-state index in [4.69, 9.17) is 22.6 Å². The predicted molar refractivity (Wildman–Crippen MR) is 65.8 cm³/mol. The molecule has 0 spiro atoms. The van der Waals surface area contributed by atoms with Gasteiger partial charge >= 0.3 is 0 Å². The number of anilines is 1. The summed E-state index contributed by atoms with van der Waals surface area (Å²) in [6.07, 6.45) is 0.0861. The van der Waals surface area contributed by atoms with E-state index in [2.05, 4.69) is 0 Å². The molecule has 1 heterocycles. The molecule has 1 unspecified atom stereocenters. The number of hydrogen-bond acceptors (Lipinski definition) is 3. The number of nitriles is 1. The van der Waals surface area contributed by atoms with Crippen LogP contribution >= 0.6 is 11.6 Å². The van der Waals surface area contributed by atoms with Crippen LogP contribution in [-0.4, -0.2) is 18.4 Å². The maximum Gasteiger partial charge on any atom is 0.227 e. The van der Waals surface area contributed by atoms with Gasteiger partial charge in [-0.1, -0.05) is 11.6 Å². The van der Waals surface area contributed by atoms with Crippen LogP contribution in [0, 0.1) is 17.2 Å². The molecule has 0 radical (unpaired) electrons. The highest BCUT2D eigenvalue weighted by atomic mass is 35.5. The van der Waals surface area contributed by atoms with E-state index in [1.54, 1.807) is 12.1 Å². The van der Waals surface area contributed by atoms with Crippen molar-refractivity contribution in [2.24, 2.45) is 11.7 Å². The van der Waals surface area contributed by atoms with E-state index in [1.165, 1.54) is 11.0 Å². The molecule has 1 aromatic rings. The van der Waals surface area contributed by atoms with Crippen molar-refractivity contribution in [2.45, 2.75) is 6.42 Å². The monoisotopic (exact) mass is 263 g/mol. The molecule has 1 aromatic carbocycles. The Balaban J connectivity index is 2.36. The van der Waals surface area contributed by atoms with Crippen LogP contribution in [0.2, 0.25) is 5.02 Å². The van der Waals surface area contributed by atoms with Gasteiger partial charge in [0.1, 0.15) is 6.07 Å². The Morgan fingerprint density at radius 1 is 1.56 bits per heavy atom. The molecular weight excluding hydrogens is 254 g/mol. The first kappa shape index (κ1) is 12.4. The zero-order valence-electron chi connectivity index (χ0n) is 9.39. The molecule has 0 saturated carbocycles. The number of nitrogens with two attached hydrogens (primary N) is 1. The summed E-state index contributed by atoms with van der Waals surface area (Å²) in [5, 5.41) is 9.45. The van der Waals surface area contributed by atoms with Crippen LogP contribution in [0.4, 0.5) is 5.69 Å². The van der Waals surface area contributed by atoms with Gasteiger partial charge in [-0.05, 0) is 18.2 Å². The summed E-state index contributed by atoms with van der Waals surface area (Å²) >= 11 is 5.79. The zero-order chi connectivity index (χ0) is 13.3. The van der Waals surface area contributed by atoms with Gasteiger partial charge in [0.25, 0.3) is 0 Å². The van der Waals surface area contributed by atoms with E-state index in [9.17, 15) is 9.59 Å². The third kappa shape index (κ3) is 2.15. The second kappa shape index (κ2) is 4.67. The first-order valence-electron chi connectivity index (χ1n) is 5.32. The van der Waals surface area contributed by atoms with Crippen molar-refractivity contribution in [3.8, 4) is 6.07 Å². The van der Waals surface area contributed by atoms with Crippen molar-refractivity contribution in [1.82, 2.24) is 0 Å². The lowest BCUT2D eigenvalue weighted by atomic mass is 10.1. The Bertz CT molecular complexity index is 565. The van der Waals surface area contributed by atoms with Crippen molar-refractivity contribution in [3.05, 3.63) is 28.8 Å². The van der Waals surface area contributed by atoms with Gasteiger partial charge in [0, 0.05) is 18.0 Å². The summed E-state index contributed by atoms with van der Waals surface area (Å²) in [5.74, 6) is -1.21. The second-order valence-corrected chi connectivity index (χ2v) is 4.52. The van der Waals surface area contributed by atoms with Crippen molar-refractivity contribution < 1.29 is 9.59 Å². The van der Waals surface area contributed by atoms with Gasteiger partial charge in [0.05, 0.1) is 17.2 Å². The third-order valence-corrected chi connectivity index (χ3v) is 3.13. The molecule has 0 bridgehead atoms. The minimum absolute atomic E-state index is 0.0861. The smallest absolute Gasteiger partial charge is 0.227 e. The molecule has 2 rings (SSSR count). The van der Waals surface area contributed by atoms with Crippen LogP contribution in [0.15, 0.2) is 18.2 Å². The van der Waals surface area contributed by atoms with Crippen LogP contribution in [0.1, 0.15) is 12.0 Å². The van der Waals surface area contributed by atoms with Gasteiger partial charge in [-0.25, -0.2) is 0 Å². The predicted octanol–water partition coefficient (Wildman–Crippen LogP) is 1.05. The lowest BCUT2D eigenvalue weighted by Crippen LogP contribution is -2.28. The van der Waals surface area contributed by atoms with Gasteiger partial charge in [-0.3, -0.25) is 9.59 Å². The van der Waals surface area contributed by atoms with Gasteiger partial charge in [-0.2, -0.15) is 5.26 Å². The van der Waals surface area contributed by atoms with E-state index in [-0.39, 0.29) is 18.9 Å². The second-order valence-electron chi connectivity index (χ2n) is 4.08. The van der Waals surface area contributed by atoms with Gasteiger partial charge in [0.2, 0.25) is 11.8 Å². The van der Waals surface area contributed by atoms with Crippen LogP contribution in [-0.2, 0) is 9.59 Å². The minimum Gasteiger partial charge on any atom is -0.369 e. The Morgan fingerprint density at radius 2 is 2.28 bits per heavy atom. The van der Waals surface area contributed by atoms with Crippen LogP contribution in [0.25, 0.3) is 0 Å². The summed E-state index contributed by atoms with van der Waals surface area (Å²) in [6.45, 7) is 0.213. The summed E-state index contributed by atoms with van der Waals surface area (Å²) in [5.41, 5.74) is 5.97. The fourth-order valence-electron chi connectivity index (χ4n) is 1.96. The first-order chi connectivity index (χ1) is 8.52. The molecule has 1 aliphatic rings. The number of carbonyl (C=O) groups excluding carboxylic acids is 2. The average Bonchev–Trinajstić information content (AvgIpc) is 2.71. The fourth-order valence-corrected chi connectivity index (χ4v) is 2.14. The number of amides is 2. The SMILES string of the molecule is N#Cc1cc(Cl)ccc1N1CC(C(N)=O)CC1=O. The van der Waals surface area contributed by atoms with Crippen LogP contribution in [0.5, 0.6) is 0 Å². The molecule has 5 nitrogen and oxygen atoms in total. The van der Waals surface area contributed by atoms with Crippen molar-refractivity contribution in [2.75, 3.05) is 11.4 Å². The van der Waals surface area contributed by atoms with E-state index in [0.29, 0.717) is 16.3 Å². The lowest BCUT2D eigenvalue weighted by molar-refractivity contribution is -0.123. The Hall–Kier alpha value is -2.06. The summed E-state index contributed by atoms with van der Waals surface area (Å²) in [4.78, 5) is 24.3. The maximum atomic E-state index is 11.8. The molecule has 1 atom stereocenters. The van der Waals surface area contributed by atoms with Gasteiger partial charge in [0.15, 0.2) is 0 Å². The highest BCUT2D eigenvalue weighted by Crippen LogP contribution is 2.29. The molecule has 2 amide bonds. The molecule has 6 heteroatoms. The number of benzene rings is 1. The maximum absolute atomic E-state index is 11.8. The Labute approximate surface area is 109 Å². The number of rotatable bonds is 2. The van der Waals surface area contributed by atoms with Crippen molar-refractivity contribution in [1.29, 1.82) is 5.26 Å². The minimum atomic E-state index is -0.502. The molecule has 92 valence electrons. The van der Waals surface area contributed by atoms with E-state index in [0.717, 1.165) is 0 Å². The van der Waals surface area contributed by atoms with Crippen molar-refractivity contribution >= 4 is 29.1 Å². The molecule has 0 aromatic heterocycles. The number of nitrogens with zero attached hydrogens (tertiary/aromatic N) is 2. The topological polar surface area (TPSA) is 87.2 Å². The Kier molecular flexibility index (Phi) is 3.21. The van der Waals surface area contributed by atoms with E-state index >= 15 is 0 Å². The number of primary amides is 1. The highest BCUT2D eigenvalue weighted by Gasteiger charge is 2.34. The summed E-state index contributed by atoms with van der Waals surface area (Å²) in [6, 6.07) is 6.67. The highest BCUT2D eigenvalue weighted by molar-refractivity contribution is 6.30. The Morgan fingerprint density at radius 3 is 2.83 bits per heavy atom. The quantitative estimate of drug-likeness (QED) is 0.865. The average molecular weight is 264 g/mol. The van der Waals surface area contributed by atoms with Crippen molar-refractivity contribution in [3.63, 3.8) is 0 Å². The molecule has 0 aliphatic carbocycles. The lowest BCUT2D eigenvalue weighted by Gasteiger charge is -2.17. The largest absolute Gasteiger partial charge is 0.369 e. The number of hydrogen-bond donors (Lipinski definition) is 1. The number of carbonyl (C=O) groups is 2. The molecule has 1 fully saturated rings. The molecule has 18 heavy (non-hydrogen) atoms. The van der Waals surface area contributed by atoms with Crippen LogP contribution < -0.4 is 10.6 Å². The van der Waals surface area contributed by atoms with Gasteiger partial charge in [-0.15, -0.1) is 0 Å². The van der Waals surface area contributed by atoms with Crippen LogP contribution in [0.3, 0.4) is 0 Å². The molecular formula is C12H10ClN3O2. The summed E-state index contributed by atoms with van der Waals surface area (Å²) < 4.78 is 0. The molecule has 2 N–H and O–H groups in total. The number of halogens is 1. The molecule has 1 saturated heterocycles. The molecule has 1 aliphatic heterocycles. The van der Waals surface area contributed by atoms with Gasteiger partial charge < -0.3 is 10.6 Å². The van der Waals surface area contributed by atoms with E-state index in [1.807, 2.05) is 6.07 Å². The first-order valence-corrected chi connectivity index (χ1v) is 5.70. The zero-order valence-corrected chi connectivity index (χ0v) is 10.1. The third-order valence-electron chi connectivity index (χ3n) is 2.90. The van der Waals surface area contributed by atoms with E-state index < -0.39 is 11.8 Å². The normalized spacial score (nSPS) is 18.8. The standard InChI is InChI=1S/C12H10ClN3O2/c13-9-1-2-10(7(3-9)5-14)16-6-8(12(15)18)4-11(16)17/h1-3,8H,4,6H2,(H2,15,18).